The van der Waals surface area contributed by atoms with Gasteiger partial charge in [-0.1, -0.05) is 23.7 Å². The second-order valence-electron chi connectivity index (χ2n) is 3.89. The average Bonchev–Trinajstić information content (AvgIpc) is 2.98. The van der Waals surface area contributed by atoms with E-state index in [0.29, 0.717) is 5.92 Å². The van der Waals surface area contributed by atoms with E-state index in [1.807, 2.05) is 35.1 Å². The molecule has 0 amide bonds. The van der Waals surface area contributed by atoms with Crippen molar-refractivity contribution >= 4 is 11.6 Å². The first-order valence-electron chi connectivity index (χ1n) is 5.15. The van der Waals surface area contributed by atoms with Crippen LogP contribution in [-0.2, 0) is 0 Å². The first-order valence-corrected chi connectivity index (χ1v) is 5.53. The molecule has 0 spiro atoms. The Labute approximate surface area is 93.5 Å². The second kappa shape index (κ2) is 3.38. The summed E-state index contributed by atoms with van der Waals surface area (Å²) in [5.41, 5.74) is 2.26. The highest BCUT2D eigenvalue weighted by Gasteiger charge is 2.27. The lowest BCUT2D eigenvalue weighted by molar-refractivity contribution is 0.808. The zero-order chi connectivity index (χ0) is 10.3. The number of halogens is 1. The molecule has 0 atom stereocenters. The zero-order valence-corrected chi connectivity index (χ0v) is 8.98. The number of aromatic nitrogens is 2. The maximum atomic E-state index is 6.15. The van der Waals surface area contributed by atoms with Gasteiger partial charge in [0.1, 0.15) is 0 Å². The standard InChI is InChI=1S/C12H11ClN2/c13-10-3-1-2-4-12(10)15-11(7-8-14-15)9-5-6-9/h1-4,7-9H,5-6H2. The van der Waals surface area contributed by atoms with Gasteiger partial charge in [-0.05, 0) is 31.0 Å². The number of hydrogen-bond donors (Lipinski definition) is 0. The Morgan fingerprint density at radius 3 is 2.73 bits per heavy atom. The average molecular weight is 219 g/mol. The molecule has 0 radical (unpaired) electrons. The predicted octanol–water partition coefficient (Wildman–Crippen LogP) is 3.40. The molecule has 1 saturated carbocycles. The van der Waals surface area contributed by atoms with E-state index in [4.69, 9.17) is 11.6 Å². The molecule has 1 aromatic carbocycles. The molecule has 15 heavy (non-hydrogen) atoms. The van der Waals surface area contributed by atoms with Crippen molar-refractivity contribution in [2.75, 3.05) is 0 Å². The molecule has 2 nitrogen and oxygen atoms in total. The lowest BCUT2D eigenvalue weighted by atomic mass is 10.2. The van der Waals surface area contributed by atoms with Crippen molar-refractivity contribution in [1.82, 2.24) is 9.78 Å². The summed E-state index contributed by atoms with van der Waals surface area (Å²) in [6, 6.07) is 9.91. The summed E-state index contributed by atoms with van der Waals surface area (Å²) in [4.78, 5) is 0. The summed E-state index contributed by atoms with van der Waals surface area (Å²) in [5.74, 6) is 0.684. The van der Waals surface area contributed by atoms with Crippen molar-refractivity contribution in [3.8, 4) is 5.69 Å². The van der Waals surface area contributed by atoms with E-state index in [9.17, 15) is 0 Å². The third kappa shape index (κ3) is 1.55. The van der Waals surface area contributed by atoms with Crippen LogP contribution in [0.2, 0.25) is 5.02 Å². The van der Waals surface area contributed by atoms with E-state index in [1.54, 1.807) is 0 Å². The molecule has 3 heteroatoms. The Morgan fingerprint density at radius 1 is 1.20 bits per heavy atom. The van der Waals surface area contributed by atoms with Crippen molar-refractivity contribution in [2.24, 2.45) is 0 Å². The summed E-state index contributed by atoms with van der Waals surface area (Å²) < 4.78 is 1.96. The maximum Gasteiger partial charge on any atom is 0.0835 e. The molecule has 3 rings (SSSR count). The molecule has 1 aliphatic rings. The smallest absolute Gasteiger partial charge is 0.0835 e. The van der Waals surface area contributed by atoms with E-state index in [2.05, 4.69) is 11.2 Å². The first kappa shape index (κ1) is 8.98. The van der Waals surface area contributed by atoms with Gasteiger partial charge < -0.3 is 0 Å². The normalized spacial score (nSPS) is 15.5. The van der Waals surface area contributed by atoms with E-state index < -0.39 is 0 Å². The molecular formula is C12H11ClN2. The molecule has 1 fully saturated rings. The van der Waals surface area contributed by atoms with Gasteiger partial charge in [-0.25, -0.2) is 4.68 Å². The molecule has 0 unspecified atom stereocenters. The van der Waals surface area contributed by atoms with Gasteiger partial charge in [0.2, 0.25) is 0 Å². The topological polar surface area (TPSA) is 17.8 Å². The van der Waals surface area contributed by atoms with E-state index in [1.165, 1.54) is 18.5 Å². The molecule has 76 valence electrons. The summed E-state index contributed by atoms with van der Waals surface area (Å²) in [6.45, 7) is 0. The Morgan fingerprint density at radius 2 is 2.00 bits per heavy atom. The predicted molar refractivity (Wildman–Crippen MR) is 60.5 cm³/mol. The second-order valence-corrected chi connectivity index (χ2v) is 4.30. The highest BCUT2D eigenvalue weighted by atomic mass is 35.5. The van der Waals surface area contributed by atoms with Gasteiger partial charge in [0, 0.05) is 17.8 Å². The SMILES string of the molecule is Clc1ccccc1-n1nccc1C1CC1. The van der Waals surface area contributed by atoms with Crippen LogP contribution < -0.4 is 0 Å². The van der Waals surface area contributed by atoms with Crippen molar-refractivity contribution in [3.63, 3.8) is 0 Å². The molecule has 0 aliphatic heterocycles. The van der Waals surface area contributed by atoms with Crippen LogP contribution in [0.4, 0.5) is 0 Å². The first-order chi connectivity index (χ1) is 7.36. The Kier molecular flexibility index (Phi) is 2.03. The van der Waals surface area contributed by atoms with Gasteiger partial charge in [0.05, 0.1) is 10.7 Å². The van der Waals surface area contributed by atoms with Gasteiger partial charge in [-0.15, -0.1) is 0 Å². The number of hydrogen-bond acceptors (Lipinski definition) is 1. The molecule has 2 aromatic rings. The fraction of sp³-hybridized carbons (Fsp3) is 0.250. The van der Waals surface area contributed by atoms with Crippen LogP contribution in [0.5, 0.6) is 0 Å². The Balaban J connectivity index is 2.12. The molecule has 0 N–H and O–H groups in total. The fourth-order valence-corrected chi connectivity index (χ4v) is 2.04. The third-order valence-electron chi connectivity index (χ3n) is 2.75. The minimum absolute atomic E-state index is 0.684. The molecular weight excluding hydrogens is 208 g/mol. The summed E-state index contributed by atoms with van der Waals surface area (Å²) in [6.07, 6.45) is 4.39. The number of nitrogens with zero attached hydrogens (tertiary/aromatic N) is 2. The van der Waals surface area contributed by atoms with E-state index in [0.717, 1.165) is 10.7 Å². The van der Waals surface area contributed by atoms with Crippen LogP contribution in [0.25, 0.3) is 5.69 Å². The lowest BCUT2D eigenvalue weighted by Gasteiger charge is -2.07. The highest BCUT2D eigenvalue weighted by Crippen LogP contribution is 2.41. The van der Waals surface area contributed by atoms with Crippen LogP contribution in [0.1, 0.15) is 24.5 Å². The summed E-state index contributed by atoms with van der Waals surface area (Å²) in [7, 11) is 0. The molecule has 1 aromatic heterocycles. The van der Waals surface area contributed by atoms with Crippen LogP contribution in [-0.4, -0.2) is 9.78 Å². The van der Waals surface area contributed by atoms with Gasteiger partial charge in [0.25, 0.3) is 0 Å². The van der Waals surface area contributed by atoms with Gasteiger partial charge in [-0.3, -0.25) is 0 Å². The quantitative estimate of drug-likeness (QED) is 0.756. The van der Waals surface area contributed by atoms with Crippen LogP contribution in [0.15, 0.2) is 36.5 Å². The number of benzene rings is 1. The molecule has 0 saturated heterocycles. The number of rotatable bonds is 2. The maximum absolute atomic E-state index is 6.15. The molecule has 0 bridgehead atoms. The van der Waals surface area contributed by atoms with Gasteiger partial charge in [0.15, 0.2) is 0 Å². The third-order valence-corrected chi connectivity index (χ3v) is 3.07. The van der Waals surface area contributed by atoms with E-state index >= 15 is 0 Å². The minimum atomic E-state index is 0.684. The summed E-state index contributed by atoms with van der Waals surface area (Å²) in [5, 5.41) is 5.09. The lowest BCUT2D eigenvalue weighted by Crippen LogP contribution is -2.01. The zero-order valence-electron chi connectivity index (χ0n) is 8.23. The summed E-state index contributed by atoms with van der Waals surface area (Å²) >= 11 is 6.15. The Bertz CT molecular complexity index is 486. The van der Waals surface area contributed by atoms with E-state index in [-0.39, 0.29) is 0 Å². The largest absolute Gasteiger partial charge is 0.236 e. The van der Waals surface area contributed by atoms with Crippen LogP contribution in [0.3, 0.4) is 0 Å². The minimum Gasteiger partial charge on any atom is -0.236 e. The highest BCUT2D eigenvalue weighted by molar-refractivity contribution is 6.32. The molecule has 1 aliphatic carbocycles. The Hall–Kier alpha value is -1.28. The van der Waals surface area contributed by atoms with Crippen molar-refractivity contribution in [1.29, 1.82) is 0 Å². The van der Waals surface area contributed by atoms with Crippen molar-refractivity contribution in [3.05, 3.63) is 47.2 Å². The monoisotopic (exact) mass is 218 g/mol. The van der Waals surface area contributed by atoms with Crippen molar-refractivity contribution < 1.29 is 0 Å². The van der Waals surface area contributed by atoms with Gasteiger partial charge in [-0.2, -0.15) is 5.10 Å². The van der Waals surface area contributed by atoms with Crippen LogP contribution in [0, 0.1) is 0 Å². The fourth-order valence-electron chi connectivity index (χ4n) is 1.83. The van der Waals surface area contributed by atoms with Crippen LogP contribution >= 0.6 is 11.6 Å². The van der Waals surface area contributed by atoms with Crippen molar-refractivity contribution in [2.45, 2.75) is 18.8 Å². The number of para-hydroxylation sites is 1. The van der Waals surface area contributed by atoms with Gasteiger partial charge >= 0.3 is 0 Å². The molecule has 1 heterocycles.